The summed E-state index contributed by atoms with van der Waals surface area (Å²) in [7, 11) is 1.75. The second-order valence-corrected chi connectivity index (χ2v) is 11.2. The molecule has 34 heavy (non-hydrogen) atoms. The van der Waals surface area contributed by atoms with Crippen LogP contribution in [-0.2, 0) is 9.59 Å². The van der Waals surface area contributed by atoms with E-state index >= 15 is 0 Å². The van der Waals surface area contributed by atoms with Crippen molar-refractivity contribution in [1.29, 1.82) is 0 Å². The third kappa shape index (κ3) is 4.98. The van der Waals surface area contributed by atoms with E-state index in [0.29, 0.717) is 19.4 Å². The van der Waals surface area contributed by atoms with Gasteiger partial charge in [-0.05, 0) is 44.0 Å². The van der Waals surface area contributed by atoms with E-state index in [0.717, 1.165) is 23.5 Å². The van der Waals surface area contributed by atoms with Gasteiger partial charge in [0.1, 0.15) is 17.8 Å². The number of fused-ring (bicyclic) bond motifs is 2. The predicted molar refractivity (Wildman–Crippen MR) is 131 cm³/mol. The summed E-state index contributed by atoms with van der Waals surface area (Å²) in [4.78, 5) is 41.5. The van der Waals surface area contributed by atoms with Crippen molar-refractivity contribution in [3.8, 4) is 5.75 Å². The highest BCUT2D eigenvalue weighted by molar-refractivity contribution is 7.99. The number of carbonyl (C=O) groups excluding carboxylic acids is 3. The lowest BCUT2D eigenvalue weighted by molar-refractivity contribution is -0.142. The van der Waals surface area contributed by atoms with Gasteiger partial charge in [0.15, 0.2) is 0 Å². The molecular formula is C24H35N5O4S. The van der Waals surface area contributed by atoms with Crippen molar-refractivity contribution < 1.29 is 19.1 Å². The molecule has 3 heterocycles. The maximum Gasteiger partial charge on any atom is 0.316 e. The molecule has 1 aromatic carbocycles. The summed E-state index contributed by atoms with van der Waals surface area (Å²) in [6.45, 7) is 6.43. The van der Waals surface area contributed by atoms with Crippen LogP contribution in [0.15, 0.2) is 24.3 Å². The summed E-state index contributed by atoms with van der Waals surface area (Å²) in [5, 5.41) is 11.6. The summed E-state index contributed by atoms with van der Waals surface area (Å²) in [5.41, 5.74) is 0.563. The van der Waals surface area contributed by atoms with E-state index in [1.165, 1.54) is 0 Å². The topological polar surface area (TPSA) is 112 Å². The number of para-hydroxylation sites is 1. The average Bonchev–Trinajstić information content (AvgIpc) is 2.99. The van der Waals surface area contributed by atoms with Crippen LogP contribution in [0.3, 0.4) is 0 Å². The SMILES string of the molecule is CN[C@@H](C)NC(=O)N[C@H]1CCSC2CC(C)(C)[C@@H](C(=O)NC3CCOc4ccccc43)N2C1=O. The highest BCUT2D eigenvalue weighted by atomic mass is 32.2. The molecule has 4 N–H and O–H groups in total. The number of nitrogens with zero attached hydrogens (tertiary/aromatic N) is 1. The number of nitrogens with one attached hydrogen (secondary N) is 4. The van der Waals surface area contributed by atoms with Crippen LogP contribution in [0.4, 0.5) is 4.79 Å². The number of urea groups is 1. The van der Waals surface area contributed by atoms with E-state index in [-0.39, 0.29) is 29.4 Å². The Balaban J connectivity index is 1.53. The van der Waals surface area contributed by atoms with E-state index in [9.17, 15) is 14.4 Å². The van der Waals surface area contributed by atoms with Crippen LogP contribution < -0.4 is 26.0 Å². The lowest BCUT2D eigenvalue weighted by atomic mass is 9.83. The Morgan fingerprint density at radius 3 is 2.71 bits per heavy atom. The van der Waals surface area contributed by atoms with Gasteiger partial charge >= 0.3 is 6.03 Å². The Hall–Kier alpha value is -2.46. The maximum absolute atomic E-state index is 13.7. The molecule has 4 rings (SSSR count). The summed E-state index contributed by atoms with van der Waals surface area (Å²) in [6, 6.07) is 5.89. The molecule has 2 saturated heterocycles. The van der Waals surface area contributed by atoms with Crippen LogP contribution >= 0.6 is 11.8 Å². The summed E-state index contributed by atoms with van der Waals surface area (Å²) < 4.78 is 5.74. The van der Waals surface area contributed by atoms with Crippen molar-refractivity contribution in [2.45, 2.75) is 69.7 Å². The summed E-state index contributed by atoms with van der Waals surface area (Å²) >= 11 is 1.69. The Bertz CT molecular complexity index is 942. The number of carbonyl (C=O) groups is 3. The first-order valence-electron chi connectivity index (χ1n) is 11.9. The lowest BCUT2D eigenvalue weighted by Gasteiger charge is -2.36. The van der Waals surface area contributed by atoms with Crippen molar-refractivity contribution in [2.75, 3.05) is 19.4 Å². The normalized spacial score (nSPS) is 28.6. The molecule has 2 unspecified atom stereocenters. The molecule has 4 amide bonds. The predicted octanol–water partition coefficient (Wildman–Crippen LogP) is 1.95. The second kappa shape index (κ2) is 10.0. The summed E-state index contributed by atoms with van der Waals surface area (Å²) in [5.74, 6) is 1.17. The van der Waals surface area contributed by atoms with E-state index in [2.05, 4.69) is 21.3 Å². The van der Waals surface area contributed by atoms with Crippen molar-refractivity contribution in [3.63, 3.8) is 0 Å². The van der Waals surface area contributed by atoms with E-state index in [1.54, 1.807) is 23.7 Å². The fourth-order valence-corrected chi connectivity index (χ4v) is 6.64. The number of rotatable bonds is 5. The number of benzene rings is 1. The number of hydrogen-bond donors (Lipinski definition) is 4. The van der Waals surface area contributed by atoms with Crippen LogP contribution in [0.5, 0.6) is 5.75 Å². The van der Waals surface area contributed by atoms with Gasteiger partial charge in [0.25, 0.3) is 0 Å². The van der Waals surface area contributed by atoms with Gasteiger partial charge in [0.05, 0.1) is 24.2 Å². The molecule has 0 aliphatic carbocycles. The number of thioether (sulfide) groups is 1. The highest BCUT2D eigenvalue weighted by Gasteiger charge is 2.54. The van der Waals surface area contributed by atoms with Gasteiger partial charge in [-0.2, -0.15) is 0 Å². The number of ether oxygens (including phenoxy) is 1. The molecule has 2 fully saturated rings. The molecular weight excluding hydrogens is 454 g/mol. The molecule has 186 valence electrons. The molecule has 5 atom stereocenters. The summed E-state index contributed by atoms with van der Waals surface area (Å²) in [6.07, 6.45) is 1.70. The van der Waals surface area contributed by atoms with Gasteiger partial charge in [0, 0.05) is 12.0 Å². The molecule has 0 aromatic heterocycles. The lowest BCUT2D eigenvalue weighted by Crippen LogP contribution is -2.58. The number of amides is 4. The molecule has 9 nitrogen and oxygen atoms in total. The van der Waals surface area contributed by atoms with Crippen LogP contribution in [0.1, 0.15) is 51.6 Å². The van der Waals surface area contributed by atoms with Crippen molar-refractivity contribution in [2.24, 2.45) is 5.41 Å². The third-order valence-electron chi connectivity index (χ3n) is 6.91. The molecule has 1 aromatic rings. The minimum atomic E-state index is -0.672. The molecule has 3 aliphatic rings. The van der Waals surface area contributed by atoms with Gasteiger partial charge in [-0.3, -0.25) is 9.59 Å². The monoisotopic (exact) mass is 489 g/mol. The third-order valence-corrected chi connectivity index (χ3v) is 8.16. The highest BCUT2D eigenvalue weighted by Crippen LogP contribution is 2.46. The van der Waals surface area contributed by atoms with Gasteiger partial charge in [-0.15, -0.1) is 11.8 Å². The Kier molecular flexibility index (Phi) is 7.28. The van der Waals surface area contributed by atoms with Crippen LogP contribution in [0.2, 0.25) is 0 Å². The van der Waals surface area contributed by atoms with Crippen LogP contribution in [-0.4, -0.2) is 65.8 Å². The first-order valence-corrected chi connectivity index (χ1v) is 13.0. The second-order valence-electron chi connectivity index (χ2n) is 9.87. The smallest absolute Gasteiger partial charge is 0.316 e. The standard InChI is InChI=1S/C24H35N5O4S/c1-14(25-4)26-23(32)28-17-10-12-34-19-13-24(2,3)20(29(19)22(17)31)21(30)27-16-9-11-33-18-8-6-5-7-15(16)18/h5-8,14,16-17,19-20,25H,9-13H2,1-4H3,(H,27,30)(H2,26,28,32)/t14-,16?,17+,19?,20-/m1/s1. The molecule has 0 saturated carbocycles. The molecule has 0 radical (unpaired) electrons. The van der Waals surface area contributed by atoms with E-state index < -0.39 is 23.5 Å². The zero-order valence-electron chi connectivity index (χ0n) is 20.2. The quantitative estimate of drug-likeness (QED) is 0.471. The molecule has 3 aliphatic heterocycles. The fraction of sp³-hybridized carbons (Fsp3) is 0.625. The minimum absolute atomic E-state index is 0.0914. The first-order chi connectivity index (χ1) is 16.2. The van der Waals surface area contributed by atoms with E-state index in [1.807, 2.05) is 45.0 Å². The molecule has 0 spiro atoms. The van der Waals surface area contributed by atoms with Gasteiger partial charge in [-0.1, -0.05) is 32.0 Å². The van der Waals surface area contributed by atoms with Crippen LogP contribution in [0, 0.1) is 5.41 Å². The van der Waals surface area contributed by atoms with Gasteiger partial charge in [-0.25, -0.2) is 4.79 Å². The van der Waals surface area contributed by atoms with E-state index in [4.69, 9.17) is 4.74 Å². The number of hydrogen-bond acceptors (Lipinski definition) is 6. The Labute approximate surface area is 205 Å². The Morgan fingerprint density at radius 2 is 1.94 bits per heavy atom. The van der Waals surface area contributed by atoms with Crippen molar-refractivity contribution in [3.05, 3.63) is 29.8 Å². The Morgan fingerprint density at radius 1 is 1.18 bits per heavy atom. The average molecular weight is 490 g/mol. The zero-order valence-corrected chi connectivity index (χ0v) is 21.0. The van der Waals surface area contributed by atoms with Crippen molar-refractivity contribution in [1.82, 2.24) is 26.2 Å². The first kappa shape index (κ1) is 24.7. The molecule has 0 bridgehead atoms. The largest absolute Gasteiger partial charge is 0.493 e. The fourth-order valence-electron chi connectivity index (χ4n) is 5.06. The van der Waals surface area contributed by atoms with Crippen LogP contribution in [0.25, 0.3) is 0 Å². The minimum Gasteiger partial charge on any atom is -0.493 e. The zero-order chi connectivity index (χ0) is 24.5. The maximum atomic E-state index is 13.7. The van der Waals surface area contributed by atoms with Gasteiger partial charge in [0.2, 0.25) is 11.8 Å². The van der Waals surface area contributed by atoms with Crippen molar-refractivity contribution >= 4 is 29.6 Å². The molecule has 10 heteroatoms. The van der Waals surface area contributed by atoms with Gasteiger partial charge < -0.3 is 30.9 Å².